The molecule has 1 aliphatic heterocycles. The fourth-order valence-electron chi connectivity index (χ4n) is 1.81. The molecule has 0 unspecified atom stereocenters. The molecule has 4 nitrogen and oxygen atoms in total. The normalized spacial score (nSPS) is 20.5. The zero-order chi connectivity index (χ0) is 12.3. The first-order chi connectivity index (χ1) is 8.19. The molecule has 0 bridgehead atoms. The second kappa shape index (κ2) is 4.44. The monoisotopic (exact) mass is 231 g/mol. The van der Waals surface area contributed by atoms with Crippen LogP contribution < -0.4 is 5.32 Å². The molecule has 88 valence electrons. The molecule has 17 heavy (non-hydrogen) atoms. The summed E-state index contributed by atoms with van der Waals surface area (Å²) in [5, 5.41) is 2.87. The maximum Gasteiger partial charge on any atom is 0.287 e. The molecule has 0 saturated heterocycles. The van der Waals surface area contributed by atoms with Gasteiger partial charge >= 0.3 is 0 Å². The maximum absolute atomic E-state index is 11.9. The second-order valence-corrected chi connectivity index (χ2v) is 4.15. The number of amides is 1. The minimum absolute atomic E-state index is 0.110. The molecule has 2 rings (SSSR count). The topological polar surface area (TPSA) is 55.4 Å². The van der Waals surface area contributed by atoms with Crippen molar-refractivity contribution in [3.05, 3.63) is 42.4 Å². The van der Waals surface area contributed by atoms with Crippen molar-refractivity contribution in [3.8, 4) is 0 Å². The van der Waals surface area contributed by atoms with Crippen LogP contribution in [0, 0.1) is 0 Å². The Hall–Kier alpha value is -2.06. The Morgan fingerprint density at radius 1 is 1.59 bits per heavy atom. The van der Waals surface area contributed by atoms with E-state index in [1.54, 1.807) is 12.0 Å². The van der Waals surface area contributed by atoms with Gasteiger partial charge in [0.25, 0.3) is 5.91 Å². The summed E-state index contributed by atoms with van der Waals surface area (Å²) in [6.07, 6.45) is 8.74. The van der Waals surface area contributed by atoms with Gasteiger partial charge in [0.2, 0.25) is 0 Å². The molecule has 1 N–H and O–H groups in total. The van der Waals surface area contributed by atoms with Gasteiger partial charge in [-0.05, 0) is 25.3 Å². The van der Waals surface area contributed by atoms with E-state index in [1.165, 1.54) is 18.4 Å². The molecule has 2 aliphatic rings. The van der Waals surface area contributed by atoms with Gasteiger partial charge < -0.3 is 10.1 Å². The Labute approximate surface area is 99.3 Å². The highest BCUT2D eigenvalue weighted by Crippen LogP contribution is 2.33. The fourth-order valence-corrected chi connectivity index (χ4v) is 1.81. The summed E-state index contributed by atoms with van der Waals surface area (Å²) < 4.78 is 5.07. The van der Waals surface area contributed by atoms with E-state index in [9.17, 15) is 9.59 Å². The summed E-state index contributed by atoms with van der Waals surface area (Å²) in [4.78, 5) is 22.4. The summed E-state index contributed by atoms with van der Waals surface area (Å²) in [6, 6.07) is 0. The van der Waals surface area contributed by atoms with Crippen LogP contribution in [0.3, 0.4) is 0 Å². The Balaban J connectivity index is 2.08. The molecule has 1 amide bonds. The molecule has 0 atom stereocenters. The van der Waals surface area contributed by atoms with Crippen molar-refractivity contribution >= 4 is 11.8 Å². The number of carbonyl (C=O) groups excluding carboxylic acids is 2. The highest BCUT2D eigenvalue weighted by atomic mass is 16.5. The minimum atomic E-state index is -0.332. The Morgan fingerprint density at radius 2 is 2.35 bits per heavy atom. The van der Waals surface area contributed by atoms with Crippen LogP contribution >= 0.6 is 0 Å². The van der Waals surface area contributed by atoms with Crippen molar-refractivity contribution in [2.45, 2.75) is 24.8 Å². The molecule has 0 spiro atoms. The van der Waals surface area contributed by atoms with E-state index >= 15 is 0 Å². The fraction of sp³-hybridized carbons (Fsp3) is 0.308. The smallest absolute Gasteiger partial charge is 0.287 e. The van der Waals surface area contributed by atoms with Crippen molar-refractivity contribution in [1.29, 1.82) is 0 Å². The molecular weight excluding hydrogens is 218 g/mol. The first kappa shape index (κ1) is 11.4. The molecule has 0 aromatic rings. The lowest BCUT2D eigenvalue weighted by Crippen LogP contribution is -2.52. The third-order valence-electron chi connectivity index (χ3n) is 3.07. The van der Waals surface area contributed by atoms with Gasteiger partial charge in [0.15, 0.2) is 5.76 Å². The van der Waals surface area contributed by atoms with Gasteiger partial charge in [0.05, 0.1) is 17.4 Å². The van der Waals surface area contributed by atoms with Gasteiger partial charge in [-0.2, -0.15) is 0 Å². The van der Waals surface area contributed by atoms with Gasteiger partial charge in [-0.1, -0.05) is 6.08 Å². The van der Waals surface area contributed by atoms with Crippen LogP contribution in [-0.4, -0.2) is 17.4 Å². The van der Waals surface area contributed by atoms with Gasteiger partial charge in [-0.15, -0.1) is 6.58 Å². The highest BCUT2D eigenvalue weighted by molar-refractivity contribution is 5.93. The molecule has 0 aromatic carbocycles. The predicted molar refractivity (Wildman–Crippen MR) is 62.4 cm³/mol. The highest BCUT2D eigenvalue weighted by Gasteiger charge is 2.36. The second-order valence-electron chi connectivity index (χ2n) is 4.15. The number of allylic oxidation sites excluding steroid dienone is 3. The number of nitrogens with one attached hydrogen (secondary N) is 1. The van der Waals surface area contributed by atoms with E-state index < -0.39 is 0 Å². The largest absolute Gasteiger partial charge is 0.459 e. The van der Waals surface area contributed by atoms with Crippen molar-refractivity contribution in [1.82, 2.24) is 5.32 Å². The molecule has 1 heterocycles. The molecule has 0 radical (unpaired) electrons. The first-order valence-electron chi connectivity index (χ1n) is 5.45. The van der Waals surface area contributed by atoms with Gasteiger partial charge in [0.1, 0.15) is 5.94 Å². The van der Waals surface area contributed by atoms with E-state index in [2.05, 4.69) is 11.9 Å². The number of rotatable bonds is 3. The van der Waals surface area contributed by atoms with Crippen LogP contribution in [0.1, 0.15) is 19.3 Å². The molecule has 1 saturated carbocycles. The summed E-state index contributed by atoms with van der Waals surface area (Å²) in [5.41, 5.74) is -0.0179. The standard InChI is InChI=1S/C13H13NO3/c1-2-13(5-3-6-13)14-12(16)11-8-10(9-15)4-7-17-11/h2,4,7-8H,1,3,5-6H2,(H,14,16). The maximum atomic E-state index is 11.9. The van der Waals surface area contributed by atoms with Crippen molar-refractivity contribution in [2.24, 2.45) is 0 Å². The lowest BCUT2D eigenvalue weighted by atomic mass is 9.77. The van der Waals surface area contributed by atoms with E-state index in [-0.39, 0.29) is 17.2 Å². The van der Waals surface area contributed by atoms with Crippen molar-refractivity contribution in [3.63, 3.8) is 0 Å². The zero-order valence-electron chi connectivity index (χ0n) is 9.36. The number of hydrogen-bond donors (Lipinski definition) is 1. The number of ether oxygens (including phenoxy) is 1. The molecule has 1 fully saturated rings. The molecule has 4 heteroatoms. The average Bonchev–Trinajstić information content (AvgIpc) is 2.33. The average molecular weight is 231 g/mol. The van der Waals surface area contributed by atoms with Crippen LogP contribution in [-0.2, 0) is 14.3 Å². The summed E-state index contributed by atoms with van der Waals surface area (Å²) in [6.45, 7) is 3.73. The minimum Gasteiger partial charge on any atom is -0.459 e. The summed E-state index contributed by atoms with van der Waals surface area (Å²) in [7, 11) is 0. The number of hydrogen-bond acceptors (Lipinski definition) is 3. The first-order valence-corrected chi connectivity index (χ1v) is 5.45. The molecular formula is C13H13NO3. The predicted octanol–water partition coefficient (Wildman–Crippen LogP) is 1.40. The van der Waals surface area contributed by atoms with Crippen LogP contribution in [0.15, 0.2) is 42.4 Å². The van der Waals surface area contributed by atoms with E-state index in [0.717, 1.165) is 19.3 Å². The van der Waals surface area contributed by atoms with Crippen molar-refractivity contribution < 1.29 is 14.3 Å². The van der Waals surface area contributed by atoms with E-state index in [0.29, 0.717) is 5.57 Å². The number of carbonyl (C=O) groups is 1. The van der Waals surface area contributed by atoms with Crippen LogP contribution in [0.25, 0.3) is 0 Å². The lowest BCUT2D eigenvalue weighted by Gasteiger charge is -2.39. The molecule has 1 aliphatic carbocycles. The van der Waals surface area contributed by atoms with E-state index in [4.69, 9.17) is 4.74 Å². The van der Waals surface area contributed by atoms with Gasteiger partial charge in [-0.3, -0.25) is 4.79 Å². The Morgan fingerprint density at radius 3 is 2.88 bits per heavy atom. The summed E-state index contributed by atoms with van der Waals surface area (Å²) >= 11 is 0. The van der Waals surface area contributed by atoms with Crippen molar-refractivity contribution in [2.75, 3.05) is 0 Å². The summed E-state index contributed by atoms with van der Waals surface area (Å²) in [5.74, 6) is 1.50. The Bertz CT molecular complexity index is 463. The SMILES string of the molecule is C=CC1(NC(=O)C2=CC(=C=O)C=CO2)CCC1. The van der Waals surface area contributed by atoms with Crippen LogP contribution in [0.4, 0.5) is 0 Å². The molecule has 0 aromatic heterocycles. The quantitative estimate of drug-likeness (QED) is 0.590. The Kier molecular flexibility index (Phi) is 2.98. The van der Waals surface area contributed by atoms with E-state index in [1.807, 2.05) is 0 Å². The third-order valence-corrected chi connectivity index (χ3v) is 3.07. The van der Waals surface area contributed by atoms with Crippen LogP contribution in [0.2, 0.25) is 0 Å². The van der Waals surface area contributed by atoms with Crippen LogP contribution in [0.5, 0.6) is 0 Å². The zero-order valence-corrected chi connectivity index (χ0v) is 9.36. The lowest BCUT2D eigenvalue weighted by molar-refractivity contribution is -0.122. The van der Waals surface area contributed by atoms with Gasteiger partial charge in [-0.25, -0.2) is 4.79 Å². The van der Waals surface area contributed by atoms with Gasteiger partial charge in [0, 0.05) is 6.08 Å². The third kappa shape index (κ3) is 2.22.